The van der Waals surface area contributed by atoms with Gasteiger partial charge in [-0.15, -0.1) is 0 Å². The molecular formula is C26H26N4O3S2. The second kappa shape index (κ2) is 9.83. The van der Waals surface area contributed by atoms with E-state index in [4.69, 9.17) is 21.9 Å². The number of anilines is 1. The van der Waals surface area contributed by atoms with Crippen LogP contribution in [-0.2, 0) is 11.2 Å². The number of thiocarbonyl (C=S) groups is 1. The molecule has 2 saturated heterocycles. The topological polar surface area (TPSA) is 67.2 Å². The molecule has 0 bridgehead atoms. The summed E-state index contributed by atoms with van der Waals surface area (Å²) in [6.45, 7) is 4.11. The Balaban J connectivity index is 1.47. The van der Waals surface area contributed by atoms with Crippen LogP contribution in [0.5, 0.6) is 5.75 Å². The summed E-state index contributed by atoms with van der Waals surface area (Å²) < 4.78 is 7.27. The maximum absolute atomic E-state index is 13.6. The van der Waals surface area contributed by atoms with Gasteiger partial charge in [-0.2, -0.15) is 0 Å². The predicted octanol–water partition coefficient (Wildman–Crippen LogP) is 4.06. The van der Waals surface area contributed by atoms with Crippen LogP contribution in [0.4, 0.5) is 5.82 Å². The third kappa shape index (κ3) is 4.58. The lowest BCUT2D eigenvalue weighted by Crippen LogP contribution is -2.30. The molecule has 35 heavy (non-hydrogen) atoms. The van der Waals surface area contributed by atoms with E-state index in [2.05, 4.69) is 4.90 Å². The summed E-state index contributed by atoms with van der Waals surface area (Å²) in [4.78, 5) is 35.9. The van der Waals surface area contributed by atoms with Gasteiger partial charge >= 0.3 is 0 Å². The number of aryl methyl sites for hydroxylation is 1. The summed E-state index contributed by atoms with van der Waals surface area (Å²) in [5.41, 5.74) is 2.92. The molecule has 7 nitrogen and oxygen atoms in total. The number of methoxy groups -OCH3 is 1. The molecule has 5 rings (SSSR count). The highest BCUT2D eigenvalue weighted by Gasteiger charge is 2.33. The van der Waals surface area contributed by atoms with E-state index >= 15 is 0 Å². The molecule has 0 atom stereocenters. The number of benzene rings is 1. The number of fused-ring (bicyclic) bond motifs is 1. The molecule has 0 aliphatic carbocycles. The standard InChI is InChI=1S/C26H26N4O3S2/c1-17-6-5-14-29-22(17)27-23(28-12-3-4-13-28)20(24(29)31)16-21-25(32)30(26(34)35-21)15-11-18-7-9-19(33-2)10-8-18/h5-10,14,16H,3-4,11-13,15H2,1-2H3. The Morgan fingerprint density at radius 1 is 1.14 bits per heavy atom. The number of nitrogens with zero attached hydrogens (tertiary/aromatic N) is 4. The van der Waals surface area contributed by atoms with Gasteiger partial charge in [0.05, 0.1) is 17.6 Å². The lowest BCUT2D eigenvalue weighted by molar-refractivity contribution is -0.122. The summed E-state index contributed by atoms with van der Waals surface area (Å²) in [5.74, 6) is 1.27. The van der Waals surface area contributed by atoms with Crippen molar-refractivity contribution in [2.45, 2.75) is 26.2 Å². The van der Waals surface area contributed by atoms with Gasteiger partial charge in [-0.1, -0.05) is 42.2 Å². The Morgan fingerprint density at radius 2 is 1.89 bits per heavy atom. The fourth-order valence-electron chi connectivity index (χ4n) is 4.45. The number of pyridine rings is 1. The van der Waals surface area contributed by atoms with E-state index in [1.807, 2.05) is 43.3 Å². The zero-order valence-corrected chi connectivity index (χ0v) is 21.3. The molecule has 2 aromatic heterocycles. The number of rotatable bonds is 6. The molecule has 9 heteroatoms. The van der Waals surface area contributed by atoms with Crippen LogP contribution in [0.3, 0.4) is 0 Å². The molecule has 0 radical (unpaired) electrons. The van der Waals surface area contributed by atoms with Gasteiger partial charge in [0.2, 0.25) is 0 Å². The lowest BCUT2D eigenvalue weighted by atomic mass is 10.1. The Kier molecular flexibility index (Phi) is 6.62. The first-order chi connectivity index (χ1) is 17.0. The Bertz CT molecular complexity index is 1390. The number of aromatic nitrogens is 2. The minimum atomic E-state index is -0.177. The molecule has 4 heterocycles. The first-order valence-electron chi connectivity index (χ1n) is 11.6. The monoisotopic (exact) mass is 506 g/mol. The van der Waals surface area contributed by atoms with Gasteiger partial charge in [0.15, 0.2) is 0 Å². The van der Waals surface area contributed by atoms with Crippen LogP contribution in [0.1, 0.15) is 29.5 Å². The van der Waals surface area contributed by atoms with Crippen molar-refractivity contribution in [3.63, 3.8) is 0 Å². The fourth-order valence-corrected chi connectivity index (χ4v) is 5.74. The van der Waals surface area contributed by atoms with E-state index in [0.717, 1.165) is 42.8 Å². The Labute approximate surface area is 213 Å². The summed E-state index contributed by atoms with van der Waals surface area (Å²) in [7, 11) is 1.63. The van der Waals surface area contributed by atoms with E-state index in [1.165, 1.54) is 11.8 Å². The van der Waals surface area contributed by atoms with Crippen LogP contribution in [0.2, 0.25) is 0 Å². The van der Waals surface area contributed by atoms with Gasteiger partial charge in [-0.05, 0) is 61.6 Å². The van der Waals surface area contributed by atoms with E-state index < -0.39 is 0 Å². The van der Waals surface area contributed by atoms with Gasteiger partial charge in [0.25, 0.3) is 11.5 Å². The number of thioether (sulfide) groups is 1. The SMILES string of the molecule is COc1ccc(CCN2C(=O)C(=Cc3c(N4CCCC4)nc4c(C)cccn4c3=O)SC2=S)cc1. The Hall–Kier alpha value is -3.17. The summed E-state index contributed by atoms with van der Waals surface area (Å²) >= 11 is 6.77. The minimum Gasteiger partial charge on any atom is -0.497 e. The normalized spacial score (nSPS) is 17.3. The highest BCUT2D eigenvalue weighted by atomic mass is 32.2. The van der Waals surface area contributed by atoms with E-state index in [0.29, 0.717) is 39.2 Å². The molecule has 0 saturated carbocycles. The van der Waals surface area contributed by atoms with E-state index in [-0.39, 0.29) is 11.5 Å². The van der Waals surface area contributed by atoms with E-state index in [9.17, 15) is 9.59 Å². The van der Waals surface area contributed by atoms with Crippen molar-refractivity contribution in [1.82, 2.24) is 14.3 Å². The van der Waals surface area contributed by atoms with Crippen molar-refractivity contribution in [3.05, 3.63) is 74.5 Å². The Morgan fingerprint density at radius 3 is 2.60 bits per heavy atom. The summed E-state index contributed by atoms with van der Waals surface area (Å²) in [5, 5.41) is 0. The average molecular weight is 507 g/mol. The number of hydrogen-bond donors (Lipinski definition) is 0. The molecule has 3 aromatic rings. The van der Waals surface area contributed by atoms with Crippen LogP contribution >= 0.6 is 24.0 Å². The molecule has 2 aliphatic heterocycles. The second-order valence-corrected chi connectivity index (χ2v) is 10.3. The third-order valence-corrected chi connectivity index (χ3v) is 7.78. The number of carbonyl (C=O) groups excluding carboxylic acids is 1. The van der Waals surface area contributed by atoms with Crippen molar-refractivity contribution in [2.75, 3.05) is 31.6 Å². The van der Waals surface area contributed by atoms with Crippen LogP contribution in [0, 0.1) is 6.92 Å². The molecule has 1 aromatic carbocycles. The van der Waals surface area contributed by atoms with Gasteiger partial charge in [0, 0.05) is 25.8 Å². The number of hydrogen-bond acceptors (Lipinski definition) is 7. The van der Waals surface area contributed by atoms with Gasteiger partial charge in [-0.25, -0.2) is 4.98 Å². The number of amides is 1. The van der Waals surface area contributed by atoms with Crippen molar-refractivity contribution >= 4 is 51.7 Å². The maximum Gasteiger partial charge on any atom is 0.267 e. The predicted molar refractivity (Wildman–Crippen MR) is 144 cm³/mol. The fraction of sp³-hybridized carbons (Fsp3) is 0.308. The third-order valence-electron chi connectivity index (χ3n) is 6.40. The van der Waals surface area contributed by atoms with Gasteiger partial charge in [-0.3, -0.25) is 18.9 Å². The van der Waals surface area contributed by atoms with Gasteiger partial charge < -0.3 is 9.64 Å². The summed E-state index contributed by atoms with van der Waals surface area (Å²) in [6, 6.07) is 11.6. The highest BCUT2D eigenvalue weighted by molar-refractivity contribution is 8.26. The molecular weight excluding hydrogens is 480 g/mol. The zero-order valence-electron chi connectivity index (χ0n) is 19.7. The first-order valence-corrected chi connectivity index (χ1v) is 12.8. The molecule has 1 amide bonds. The van der Waals surface area contributed by atoms with Crippen LogP contribution in [0.15, 0.2) is 52.3 Å². The van der Waals surface area contributed by atoms with Gasteiger partial charge in [0.1, 0.15) is 21.5 Å². The smallest absolute Gasteiger partial charge is 0.267 e. The molecule has 180 valence electrons. The molecule has 0 spiro atoms. The van der Waals surface area contributed by atoms with Crippen LogP contribution in [0.25, 0.3) is 11.7 Å². The molecule has 0 N–H and O–H groups in total. The van der Waals surface area contributed by atoms with Crippen LogP contribution in [-0.4, -0.2) is 51.3 Å². The second-order valence-electron chi connectivity index (χ2n) is 8.66. The van der Waals surface area contributed by atoms with Crippen molar-refractivity contribution < 1.29 is 9.53 Å². The van der Waals surface area contributed by atoms with E-state index in [1.54, 1.807) is 28.7 Å². The largest absolute Gasteiger partial charge is 0.497 e. The number of ether oxygens (including phenoxy) is 1. The number of carbonyl (C=O) groups is 1. The molecule has 2 fully saturated rings. The van der Waals surface area contributed by atoms with Crippen LogP contribution < -0.4 is 15.2 Å². The minimum absolute atomic E-state index is 0.172. The average Bonchev–Trinajstić information content (AvgIpc) is 3.49. The molecule has 2 aliphatic rings. The van der Waals surface area contributed by atoms with Crippen molar-refractivity contribution in [2.24, 2.45) is 0 Å². The van der Waals surface area contributed by atoms with Crippen molar-refractivity contribution in [1.29, 1.82) is 0 Å². The highest BCUT2D eigenvalue weighted by Crippen LogP contribution is 2.34. The maximum atomic E-state index is 13.6. The lowest BCUT2D eigenvalue weighted by Gasteiger charge is -2.20. The zero-order chi connectivity index (χ0) is 24.5. The first kappa shape index (κ1) is 23.6. The molecule has 0 unspecified atom stereocenters. The summed E-state index contributed by atoms with van der Waals surface area (Å²) in [6.07, 6.45) is 6.19. The van der Waals surface area contributed by atoms with Crippen molar-refractivity contribution in [3.8, 4) is 5.75 Å². The quantitative estimate of drug-likeness (QED) is 0.369.